The number of rotatable bonds is 0. The Labute approximate surface area is 83.6 Å². The smallest absolute Gasteiger partial charge is 0.329 e. The highest BCUT2D eigenvalue weighted by Gasteiger charge is 2.13. The maximum Gasteiger partial charge on any atom is 0.336 e. The van der Waals surface area contributed by atoms with E-state index in [0.717, 1.165) is 5.52 Å². The Bertz CT molecular complexity index is 718. The zero-order valence-electron chi connectivity index (χ0n) is 8.25. The van der Waals surface area contributed by atoms with Crippen LogP contribution in [0.3, 0.4) is 0 Å². The summed E-state index contributed by atoms with van der Waals surface area (Å²) in [7, 11) is 3.53. The van der Waals surface area contributed by atoms with E-state index in [9.17, 15) is 4.79 Å². The minimum Gasteiger partial charge on any atom is -0.329 e. The lowest BCUT2D eigenvalue weighted by atomic mass is 10.5. The van der Waals surface area contributed by atoms with Crippen LogP contribution in [0.2, 0.25) is 0 Å². The third kappa shape index (κ3) is 0.841. The highest BCUT2D eigenvalue weighted by atomic mass is 16.1. The van der Waals surface area contributed by atoms with Crippen molar-refractivity contribution in [2.45, 2.75) is 0 Å². The van der Waals surface area contributed by atoms with Crippen molar-refractivity contribution >= 4 is 16.8 Å². The third-order valence-corrected chi connectivity index (χ3v) is 2.49. The summed E-state index contributed by atoms with van der Waals surface area (Å²) in [6.45, 7) is 0. The quantitative estimate of drug-likeness (QED) is 0.486. The van der Waals surface area contributed by atoms with Crippen molar-refractivity contribution in [1.82, 2.24) is 28.7 Å². The van der Waals surface area contributed by atoms with Crippen molar-refractivity contribution in [3.8, 4) is 0 Å². The standard InChI is InChI=1S/C8H8N6O/c1-12-3-9-6-5(12)7-11-10-4-14(7)8(15)13(6)2/h3-4H,1-2H3. The molecule has 0 spiro atoms. The lowest BCUT2D eigenvalue weighted by molar-refractivity contribution is 0.814. The molecule has 0 unspecified atom stereocenters. The number of hydrogen-bond acceptors (Lipinski definition) is 4. The van der Waals surface area contributed by atoms with Gasteiger partial charge in [0, 0.05) is 14.1 Å². The number of hydrogen-bond donors (Lipinski definition) is 0. The highest BCUT2D eigenvalue weighted by Crippen LogP contribution is 2.12. The summed E-state index contributed by atoms with van der Waals surface area (Å²) in [5.74, 6) is 0. The number of nitrogens with zero attached hydrogens (tertiary/aromatic N) is 6. The fourth-order valence-corrected chi connectivity index (χ4v) is 1.71. The summed E-state index contributed by atoms with van der Waals surface area (Å²) in [5, 5.41) is 7.65. The van der Waals surface area contributed by atoms with Crippen molar-refractivity contribution in [2.75, 3.05) is 0 Å². The number of aromatic nitrogens is 6. The second-order valence-corrected chi connectivity index (χ2v) is 3.39. The predicted molar refractivity (Wildman–Crippen MR) is 52.5 cm³/mol. The fourth-order valence-electron chi connectivity index (χ4n) is 1.71. The van der Waals surface area contributed by atoms with Gasteiger partial charge in [0.05, 0.1) is 6.33 Å². The summed E-state index contributed by atoms with van der Waals surface area (Å²) >= 11 is 0. The van der Waals surface area contributed by atoms with E-state index in [-0.39, 0.29) is 5.69 Å². The Morgan fingerprint density at radius 2 is 2.00 bits per heavy atom. The van der Waals surface area contributed by atoms with Gasteiger partial charge in [-0.3, -0.25) is 4.57 Å². The van der Waals surface area contributed by atoms with Gasteiger partial charge in [-0.15, -0.1) is 10.2 Å². The van der Waals surface area contributed by atoms with Crippen LogP contribution in [0.4, 0.5) is 0 Å². The van der Waals surface area contributed by atoms with Gasteiger partial charge in [-0.2, -0.15) is 0 Å². The second-order valence-electron chi connectivity index (χ2n) is 3.39. The van der Waals surface area contributed by atoms with Crippen LogP contribution in [0.15, 0.2) is 17.4 Å². The van der Waals surface area contributed by atoms with Gasteiger partial charge in [-0.05, 0) is 0 Å². The topological polar surface area (TPSA) is 70.0 Å². The van der Waals surface area contributed by atoms with Gasteiger partial charge in [-0.25, -0.2) is 14.2 Å². The molecule has 3 heterocycles. The SMILES string of the molecule is Cn1cnc2c1c1nncn1c(=O)n2C. The molecule has 76 valence electrons. The zero-order chi connectivity index (χ0) is 10.6. The Morgan fingerprint density at radius 3 is 2.80 bits per heavy atom. The summed E-state index contributed by atoms with van der Waals surface area (Å²) in [6.07, 6.45) is 3.06. The fraction of sp³-hybridized carbons (Fsp3) is 0.250. The van der Waals surface area contributed by atoms with Gasteiger partial charge in [0.1, 0.15) is 11.8 Å². The summed E-state index contributed by atoms with van der Waals surface area (Å²) < 4.78 is 4.70. The first-order chi connectivity index (χ1) is 7.20. The highest BCUT2D eigenvalue weighted by molar-refractivity contribution is 5.85. The molecule has 7 nitrogen and oxygen atoms in total. The molecule has 0 fully saturated rings. The molecule has 0 atom stereocenters. The number of imidazole rings is 1. The van der Waals surface area contributed by atoms with Gasteiger partial charge in [-0.1, -0.05) is 0 Å². The van der Waals surface area contributed by atoms with Crippen molar-refractivity contribution in [3.63, 3.8) is 0 Å². The van der Waals surface area contributed by atoms with Crippen LogP contribution in [0, 0.1) is 0 Å². The maximum absolute atomic E-state index is 11.8. The molecule has 0 aliphatic heterocycles. The Kier molecular flexibility index (Phi) is 1.33. The van der Waals surface area contributed by atoms with Crippen LogP contribution >= 0.6 is 0 Å². The van der Waals surface area contributed by atoms with Crippen molar-refractivity contribution < 1.29 is 0 Å². The molecule has 0 amide bonds. The van der Waals surface area contributed by atoms with E-state index in [0.29, 0.717) is 11.3 Å². The molecular weight excluding hydrogens is 196 g/mol. The first kappa shape index (κ1) is 8.16. The molecule has 0 saturated carbocycles. The van der Waals surface area contributed by atoms with Crippen LogP contribution in [0.5, 0.6) is 0 Å². The van der Waals surface area contributed by atoms with Crippen LogP contribution in [0.1, 0.15) is 0 Å². The first-order valence-corrected chi connectivity index (χ1v) is 4.40. The number of fused-ring (bicyclic) bond motifs is 3. The lowest BCUT2D eigenvalue weighted by Crippen LogP contribution is -2.24. The Balaban J connectivity index is 2.80. The minimum absolute atomic E-state index is 0.193. The number of aryl methyl sites for hydroxylation is 2. The predicted octanol–water partition coefficient (Wildman–Crippen LogP) is -0.685. The van der Waals surface area contributed by atoms with E-state index in [1.807, 2.05) is 11.6 Å². The molecule has 7 heteroatoms. The molecule has 0 aliphatic carbocycles. The second kappa shape index (κ2) is 2.44. The molecule has 3 aromatic heterocycles. The molecule has 0 saturated heterocycles. The van der Waals surface area contributed by atoms with Gasteiger partial charge in [0.15, 0.2) is 11.3 Å². The molecule has 0 N–H and O–H groups in total. The van der Waals surface area contributed by atoms with E-state index in [2.05, 4.69) is 15.2 Å². The van der Waals surface area contributed by atoms with E-state index in [4.69, 9.17) is 0 Å². The zero-order valence-corrected chi connectivity index (χ0v) is 8.25. The molecule has 0 bridgehead atoms. The van der Waals surface area contributed by atoms with E-state index in [1.54, 1.807) is 13.4 Å². The van der Waals surface area contributed by atoms with E-state index >= 15 is 0 Å². The van der Waals surface area contributed by atoms with Gasteiger partial charge in [0.2, 0.25) is 0 Å². The molecule has 3 rings (SSSR count). The summed E-state index contributed by atoms with van der Waals surface area (Å²) in [4.78, 5) is 16.0. The van der Waals surface area contributed by atoms with Crippen LogP contribution in [-0.4, -0.2) is 28.7 Å². The monoisotopic (exact) mass is 204 g/mol. The van der Waals surface area contributed by atoms with E-state index < -0.39 is 0 Å². The molecular formula is C8H8N6O. The Hall–Kier alpha value is -2.18. The van der Waals surface area contributed by atoms with Crippen LogP contribution < -0.4 is 5.69 Å². The maximum atomic E-state index is 11.8. The average Bonchev–Trinajstić information content (AvgIpc) is 2.80. The Morgan fingerprint density at radius 1 is 1.20 bits per heavy atom. The lowest BCUT2D eigenvalue weighted by Gasteiger charge is -2.01. The van der Waals surface area contributed by atoms with Gasteiger partial charge < -0.3 is 4.57 Å². The van der Waals surface area contributed by atoms with Crippen LogP contribution in [-0.2, 0) is 14.1 Å². The molecule has 0 aromatic carbocycles. The molecule has 15 heavy (non-hydrogen) atoms. The van der Waals surface area contributed by atoms with E-state index in [1.165, 1.54) is 15.3 Å². The first-order valence-electron chi connectivity index (χ1n) is 4.40. The molecule has 0 aliphatic rings. The molecule has 3 aromatic rings. The normalized spacial score (nSPS) is 11.6. The van der Waals surface area contributed by atoms with Gasteiger partial charge >= 0.3 is 5.69 Å². The largest absolute Gasteiger partial charge is 0.336 e. The van der Waals surface area contributed by atoms with Crippen molar-refractivity contribution in [1.29, 1.82) is 0 Å². The summed E-state index contributed by atoms with van der Waals surface area (Å²) in [5.41, 5.74) is 1.76. The van der Waals surface area contributed by atoms with Crippen molar-refractivity contribution in [3.05, 3.63) is 23.1 Å². The third-order valence-electron chi connectivity index (χ3n) is 2.49. The van der Waals surface area contributed by atoms with Gasteiger partial charge in [0.25, 0.3) is 0 Å². The minimum atomic E-state index is -0.193. The summed E-state index contributed by atoms with van der Waals surface area (Å²) in [6, 6.07) is 0. The average molecular weight is 204 g/mol. The molecule has 0 radical (unpaired) electrons. The van der Waals surface area contributed by atoms with Crippen LogP contribution in [0.25, 0.3) is 16.8 Å². The van der Waals surface area contributed by atoms with Crippen molar-refractivity contribution in [2.24, 2.45) is 14.1 Å².